The Morgan fingerprint density at radius 3 is 2.52 bits per heavy atom. The summed E-state index contributed by atoms with van der Waals surface area (Å²) in [6.07, 6.45) is 0. The first-order chi connectivity index (χ1) is 11.6. The highest BCUT2D eigenvalue weighted by Crippen LogP contribution is 2.29. The summed E-state index contributed by atoms with van der Waals surface area (Å²) >= 11 is 0. The van der Waals surface area contributed by atoms with Gasteiger partial charge in [-0.25, -0.2) is 9.38 Å². The topological polar surface area (TPSA) is 65.9 Å². The highest BCUT2D eigenvalue weighted by molar-refractivity contribution is 14.0. The van der Waals surface area contributed by atoms with Crippen LogP contribution in [-0.4, -0.2) is 24.7 Å². The molecule has 0 aromatic heterocycles. The molecule has 136 valence electrons. The molecule has 0 saturated carbocycles. The molecule has 0 aliphatic rings. The molecule has 0 aliphatic heterocycles. The van der Waals surface area contributed by atoms with Crippen molar-refractivity contribution in [2.45, 2.75) is 20.0 Å². The van der Waals surface area contributed by atoms with Crippen LogP contribution in [0.1, 0.15) is 18.1 Å². The summed E-state index contributed by atoms with van der Waals surface area (Å²) in [5, 5.41) is 16.4. The average Bonchev–Trinajstić information content (AvgIpc) is 2.60. The van der Waals surface area contributed by atoms with E-state index in [0.717, 1.165) is 5.56 Å². The van der Waals surface area contributed by atoms with Crippen LogP contribution in [0.15, 0.2) is 47.5 Å². The van der Waals surface area contributed by atoms with Crippen LogP contribution in [0.4, 0.5) is 4.39 Å². The van der Waals surface area contributed by atoms with Crippen LogP contribution < -0.4 is 15.4 Å². The number of benzene rings is 2. The lowest BCUT2D eigenvalue weighted by Crippen LogP contribution is -2.36. The number of phenolic OH excluding ortho intramolecular Hbond substituents is 1. The second-order valence-electron chi connectivity index (χ2n) is 5.14. The zero-order chi connectivity index (χ0) is 17.4. The maximum Gasteiger partial charge on any atom is 0.191 e. The number of para-hydroxylation sites is 1. The van der Waals surface area contributed by atoms with E-state index in [4.69, 9.17) is 4.74 Å². The lowest BCUT2D eigenvalue weighted by atomic mass is 10.2. The Kier molecular flexibility index (Phi) is 9.04. The molecule has 0 radical (unpaired) electrons. The first-order valence-corrected chi connectivity index (χ1v) is 7.75. The number of hydrogen-bond acceptors (Lipinski definition) is 3. The van der Waals surface area contributed by atoms with E-state index in [1.165, 1.54) is 19.2 Å². The number of phenols is 1. The summed E-state index contributed by atoms with van der Waals surface area (Å²) in [6, 6.07) is 11.6. The van der Waals surface area contributed by atoms with Crippen molar-refractivity contribution in [2.75, 3.05) is 13.7 Å². The number of hydrogen-bond donors (Lipinski definition) is 3. The van der Waals surface area contributed by atoms with E-state index in [0.29, 0.717) is 36.9 Å². The Bertz CT molecular complexity index is 693. The number of aromatic hydroxyl groups is 1. The molecular formula is C18H23FIN3O2. The monoisotopic (exact) mass is 459 g/mol. The lowest BCUT2D eigenvalue weighted by Gasteiger charge is -2.13. The van der Waals surface area contributed by atoms with Gasteiger partial charge in [0.15, 0.2) is 17.5 Å². The third-order valence-electron chi connectivity index (χ3n) is 3.43. The van der Waals surface area contributed by atoms with Crippen LogP contribution >= 0.6 is 24.0 Å². The molecule has 0 spiro atoms. The van der Waals surface area contributed by atoms with E-state index < -0.39 is 0 Å². The van der Waals surface area contributed by atoms with Gasteiger partial charge in [0.05, 0.1) is 13.7 Å². The number of halogens is 2. The van der Waals surface area contributed by atoms with E-state index >= 15 is 0 Å². The van der Waals surface area contributed by atoms with Crippen molar-refractivity contribution in [2.24, 2.45) is 4.99 Å². The van der Waals surface area contributed by atoms with Gasteiger partial charge in [0.25, 0.3) is 0 Å². The number of guanidine groups is 1. The largest absolute Gasteiger partial charge is 0.504 e. The van der Waals surface area contributed by atoms with Gasteiger partial charge >= 0.3 is 0 Å². The maximum atomic E-state index is 12.9. The summed E-state index contributed by atoms with van der Waals surface area (Å²) in [5.74, 6) is 0.898. The molecule has 5 nitrogen and oxygen atoms in total. The minimum absolute atomic E-state index is 0. The van der Waals surface area contributed by atoms with Crippen LogP contribution in [0, 0.1) is 5.82 Å². The Morgan fingerprint density at radius 1 is 1.16 bits per heavy atom. The van der Waals surface area contributed by atoms with Crippen LogP contribution in [0.3, 0.4) is 0 Å². The quantitative estimate of drug-likeness (QED) is 0.352. The van der Waals surface area contributed by atoms with Gasteiger partial charge in [0.1, 0.15) is 5.82 Å². The third-order valence-corrected chi connectivity index (χ3v) is 3.43. The Hall–Kier alpha value is -2.03. The molecule has 2 aromatic rings. The molecule has 2 rings (SSSR count). The van der Waals surface area contributed by atoms with Gasteiger partial charge in [0.2, 0.25) is 0 Å². The average molecular weight is 459 g/mol. The molecule has 0 aliphatic carbocycles. The minimum Gasteiger partial charge on any atom is -0.504 e. The fourth-order valence-electron chi connectivity index (χ4n) is 2.16. The smallest absolute Gasteiger partial charge is 0.191 e. The summed E-state index contributed by atoms with van der Waals surface area (Å²) in [4.78, 5) is 4.46. The molecule has 2 aromatic carbocycles. The molecule has 0 amide bonds. The summed E-state index contributed by atoms with van der Waals surface area (Å²) in [6.45, 7) is 3.51. The van der Waals surface area contributed by atoms with Gasteiger partial charge in [-0.3, -0.25) is 0 Å². The Balaban J connectivity index is 0.00000312. The number of aliphatic imine (C=N–C) groups is 1. The van der Waals surface area contributed by atoms with Gasteiger partial charge in [-0.05, 0) is 30.7 Å². The van der Waals surface area contributed by atoms with Crippen molar-refractivity contribution >= 4 is 29.9 Å². The van der Waals surface area contributed by atoms with E-state index in [9.17, 15) is 9.50 Å². The van der Waals surface area contributed by atoms with Gasteiger partial charge in [-0.2, -0.15) is 0 Å². The van der Waals surface area contributed by atoms with E-state index in [1.807, 2.05) is 19.1 Å². The van der Waals surface area contributed by atoms with Crippen molar-refractivity contribution in [1.82, 2.24) is 10.6 Å². The standard InChI is InChI=1S/C18H22FN3O2.HI/c1-3-20-18(21-11-13-7-9-15(19)10-8-13)22-12-14-5-4-6-16(24-2)17(14)23;/h4-10,23H,3,11-12H2,1-2H3,(H2,20,21,22);1H. The highest BCUT2D eigenvalue weighted by atomic mass is 127. The predicted molar refractivity (Wildman–Crippen MR) is 108 cm³/mol. The van der Waals surface area contributed by atoms with Gasteiger partial charge in [-0.1, -0.05) is 24.3 Å². The molecule has 0 bridgehead atoms. The van der Waals surface area contributed by atoms with Crippen molar-refractivity contribution in [1.29, 1.82) is 0 Å². The van der Waals surface area contributed by atoms with Crippen molar-refractivity contribution in [3.8, 4) is 11.5 Å². The Morgan fingerprint density at radius 2 is 1.88 bits per heavy atom. The maximum absolute atomic E-state index is 12.9. The van der Waals surface area contributed by atoms with E-state index in [2.05, 4.69) is 15.6 Å². The Labute approximate surface area is 164 Å². The molecule has 0 heterocycles. The van der Waals surface area contributed by atoms with Gasteiger partial charge in [-0.15, -0.1) is 24.0 Å². The van der Waals surface area contributed by atoms with Gasteiger partial charge < -0.3 is 20.5 Å². The fraction of sp³-hybridized carbons (Fsp3) is 0.278. The van der Waals surface area contributed by atoms with Crippen LogP contribution in [-0.2, 0) is 13.1 Å². The minimum atomic E-state index is -0.263. The lowest BCUT2D eigenvalue weighted by molar-refractivity contribution is 0.370. The third kappa shape index (κ3) is 6.41. The van der Waals surface area contributed by atoms with Crippen molar-refractivity contribution < 1.29 is 14.2 Å². The number of ether oxygens (including phenoxy) is 1. The van der Waals surface area contributed by atoms with Crippen LogP contribution in [0.2, 0.25) is 0 Å². The first-order valence-electron chi connectivity index (χ1n) is 7.75. The molecular weight excluding hydrogens is 436 g/mol. The molecule has 3 N–H and O–H groups in total. The molecule has 7 heteroatoms. The molecule has 0 fully saturated rings. The van der Waals surface area contributed by atoms with Gasteiger partial charge in [0, 0.05) is 18.7 Å². The summed E-state index contributed by atoms with van der Waals surface area (Å²) in [5.41, 5.74) is 1.62. The molecule has 0 unspecified atom stereocenters. The van der Waals surface area contributed by atoms with Crippen LogP contribution in [0.5, 0.6) is 11.5 Å². The number of rotatable bonds is 6. The number of methoxy groups -OCH3 is 1. The molecule has 0 atom stereocenters. The zero-order valence-electron chi connectivity index (χ0n) is 14.3. The molecule has 0 saturated heterocycles. The van der Waals surface area contributed by atoms with E-state index in [1.54, 1.807) is 18.2 Å². The molecule has 25 heavy (non-hydrogen) atoms. The number of nitrogens with zero attached hydrogens (tertiary/aromatic N) is 1. The summed E-state index contributed by atoms with van der Waals surface area (Å²) < 4.78 is 18.0. The van der Waals surface area contributed by atoms with Crippen molar-refractivity contribution in [3.63, 3.8) is 0 Å². The summed E-state index contributed by atoms with van der Waals surface area (Å²) in [7, 11) is 1.51. The van der Waals surface area contributed by atoms with Crippen LogP contribution in [0.25, 0.3) is 0 Å². The second-order valence-corrected chi connectivity index (χ2v) is 5.14. The SMILES string of the molecule is CCNC(=NCc1ccc(F)cc1)NCc1cccc(OC)c1O.I. The highest BCUT2D eigenvalue weighted by Gasteiger charge is 2.07. The zero-order valence-corrected chi connectivity index (χ0v) is 16.6. The fourth-order valence-corrected chi connectivity index (χ4v) is 2.16. The normalized spacial score (nSPS) is 10.8. The number of nitrogens with one attached hydrogen (secondary N) is 2. The van der Waals surface area contributed by atoms with E-state index in [-0.39, 0.29) is 35.5 Å². The predicted octanol–water partition coefficient (Wildman–Crippen LogP) is 3.41. The van der Waals surface area contributed by atoms with Crippen molar-refractivity contribution in [3.05, 3.63) is 59.4 Å². The second kappa shape index (κ2) is 10.8. The first kappa shape index (κ1) is 21.0.